The van der Waals surface area contributed by atoms with Crippen LogP contribution >= 0.6 is 43.2 Å². The fourth-order valence-corrected chi connectivity index (χ4v) is 4.38. The molecule has 0 radical (unpaired) electrons. The van der Waals surface area contributed by atoms with Crippen LogP contribution in [0.5, 0.6) is 0 Å². The first-order chi connectivity index (χ1) is 7.69. The molecule has 1 aromatic heterocycles. The molecule has 2 nitrogen and oxygen atoms in total. The summed E-state index contributed by atoms with van der Waals surface area (Å²) in [5, 5.41) is 3.51. The first-order valence-corrected chi connectivity index (χ1v) is 7.85. The molecule has 0 aliphatic heterocycles. The second-order valence-corrected chi connectivity index (χ2v) is 7.20. The smallest absolute Gasteiger partial charge is 0.0759 e. The molecule has 1 rings (SSSR count). The van der Waals surface area contributed by atoms with Crippen LogP contribution in [0.3, 0.4) is 0 Å². The van der Waals surface area contributed by atoms with Crippen LogP contribution in [0, 0.1) is 0 Å². The molecule has 92 valence electrons. The molecule has 5 heteroatoms. The van der Waals surface area contributed by atoms with Crippen LogP contribution in [0.4, 0.5) is 0 Å². The zero-order valence-electron chi connectivity index (χ0n) is 9.56. The van der Waals surface area contributed by atoms with E-state index in [1.54, 1.807) is 11.3 Å². The lowest BCUT2D eigenvalue weighted by Gasteiger charge is -2.17. The van der Waals surface area contributed by atoms with E-state index in [0.29, 0.717) is 0 Å². The van der Waals surface area contributed by atoms with Gasteiger partial charge in [0.2, 0.25) is 0 Å². The van der Waals surface area contributed by atoms with Crippen molar-refractivity contribution in [2.45, 2.75) is 26.3 Å². The molecule has 0 aromatic carbocycles. The molecule has 0 aliphatic rings. The molecular weight excluding hydrogens is 354 g/mol. The predicted octanol–water partition coefficient (Wildman–Crippen LogP) is 4.35. The van der Waals surface area contributed by atoms with Crippen molar-refractivity contribution in [1.82, 2.24) is 5.32 Å². The van der Waals surface area contributed by atoms with Gasteiger partial charge in [-0.1, -0.05) is 6.92 Å². The molecule has 0 bridgehead atoms. The van der Waals surface area contributed by atoms with Crippen LogP contribution in [-0.4, -0.2) is 19.8 Å². The van der Waals surface area contributed by atoms with Crippen molar-refractivity contribution < 1.29 is 4.74 Å². The fraction of sp³-hybridized carbons (Fsp3) is 0.636. The molecule has 1 atom stereocenters. The van der Waals surface area contributed by atoms with Gasteiger partial charge in [0.1, 0.15) is 0 Å². The first kappa shape index (κ1) is 14.6. The van der Waals surface area contributed by atoms with Crippen LogP contribution in [0.2, 0.25) is 0 Å². The summed E-state index contributed by atoms with van der Waals surface area (Å²) >= 11 is 8.80. The zero-order valence-corrected chi connectivity index (χ0v) is 13.5. The van der Waals surface area contributed by atoms with Crippen LogP contribution in [0.15, 0.2) is 13.6 Å². The van der Waals surface area contributed by atoms with Crippen LogP contribution in [-0.2, 0) is 4.74 Å². The molecule has 0 saturated heterocycles. The summed E-state index contributed by atoms with van der Waals surface area (Å²) < 4.78 is 7.84. The third-order valence-electron chi connectivity index (χ3n) is 2.19. The number of ether oxygens (including phenoxy) is 1. The Morgan fingerprint density at radius 1 is 1.44 bits per heavy atom. The zero-order chi connectivity index (χ0) is 12.0. The molecular formula is C11H17Br2NOS. The summed E-state index contributed by atoms with van der Waals surface area (Å²) in [5.41, 5.74) is 1.28. The number of hydrogen-bond acceptors (Lipinski definition) is 3. The first-order valence-electron chi connectivity index (χ1n) is 5.44. The van der Waals surface area contributed by atoms with Crippen molar-refractivity contribution in [3.05, 3.63) is 19.2 Å². The molecule has 0 saturated carbocycles. The molecule has 1 N–H and O–H groups in total. The summed E-state index contributed by atoms with van der Waals surface area (Å²) in [5.74, 6) is 0. The minimum absolute atomic E-state index is 0.275. The van der Waals surface area contributed by atoms with Crippen molar-refractivity contribution in [2.24, 2.45) is 0 Å². The number of nitrogens with one attached hydrogen (secondary N) is 1. The van der Waals surface area contributed by atoms with Crippen molar-refractivity contribution in [2.75, 3.05) is 19.8 Å². The highest BCUT2D eigenvalue weighted by molar-refractivity contribution is 9.12. The standard InChI is InChI=1S/C11H17Br2NOS/c1-3-5-14-9(7-15-4-2)8-6-10(12)16-11(8)13/h6,9,14H,3-5,7H2,1-2H3. The lowest BCUT2D eigenvalue weighted by atomic mass is 10.1. The average Bonchev–Trinajstić information content (AvgIpc) is 2.58. The highest BCUT2D eigenvalue weighted by Crippen LogP contribution is 2.35. The molecule has 1 unspecified atom stereocenters. The van der Waals surface area contributed by atoms with Gasteiger partial charge in [-0.3, -0.25) is 0 Å². The van der Waals surface area contributed by atoms with E-state index in [-0.39, 0.29) is 6.04 Å². The minimum Gasteiger partial charge on any atom is -0.380 e. The Morgan fingerprint density at radius 2 is 2.19 bits per heavy atom. The number of thiophene rings is 1. The quantitative estimate of drug-likeness (QED) is 0.770. The largest absolute Gasteiger partial charge is 0.380 e. The van der Waals surface area contributed by atoms with E-state index in [1.165, 1.54) is 9.35 Å². The van der Waals surface area contributed by atoms with Crippen molar-refractivity contribution in [3.8, 4) is 0 Å². The highest BCUT2D eigenvalue weighted by atomic mass is 79.9. The Bertz CT molecular complexity index is 309. The molecule has 1 aromatic rings. The maximum Gasteiger partial charge on any atom is 0.0759 e. The third kappa shape index (κ3) is 4.45. The molecule has 1 heterocycles. The van der Waals surface area contributed by atoms with E-state index in [0.717, 1.165) is 30.0 Å². The Balaban J connectivity index is 2.70. The molecule has 16 heavy (non-hydrogen) atoms. The maximum absolute atomic E-state index is 5.52. The lowest BCUT2D eigenvalue weighted by Crippen LogP contribution is -2.26. The van der Waals surface area contributed by atoms with Gasteiger partial charge in [0.25, 0.3) is 0 Å². The van der Waals surface area contributed by atoms with Gasteiger partial charge in [0.15, 0.2) is 0 Å². The Hall–Kier alpha value is 0.580. The highest BCUT2D eigenvalue weighted by Gasteiger charge is 2.16. The van der Waals surface area contributed by atoms with E-state index in [4.69, 9.17) is 4.74 Å². The van der Waals surface area contributed by atoms with Gasteiger partial charge in [-0.15, -0.1) is 11.3 Å². The molecule has 0 amide bonds. The van der Waals surface area contributed by atoms with Crippen molar-refractivity contribution in [1.29, 1.82) is 0 Å². The summed E-state index contributed by atoms with van der Waals surface area (Å²) in [7, 11) is 0. The van der Waals surface area contributed by atoms with Crippen LogP contribution in [0.25, 0.3) is 0 Å². The maximum atomic E-state index is 5.52. The Kier molecular flexibility index (Phi) is 7.16. The van der Waals surface area contributed by atoms with E-state index < -0.39 is 0 Å². The monoisotopic (exact) mass is 369 g/mol. The van der Waals surface area contributed by atoms with Crippen LogP contribution in [0.1, 0.15) is 31.9 Å². The second kappa shape index (κ2) is 7.82. The topological polar surface area (TPSA) is 21.3 Å². The second-order valence-electron chi connectivity index (χ2n) is 3.45. The van der Waals surface area contributed by atoms with E-state index in [2.05, 4.69) is 50.2 Å². The lowest BCUT2D eigenvalue weighted by molar-refractivity contribution is 0.123. The molecule has 0 aliphatic carbocycles. The summed E-state index contributed by atoms with van der Waals surface area (Å²) in [6.45, 7) is 6.68. The van der Waals surface area contributed by atoms with Gasteiger partial charge < -0.3 is 10.1 Å². The molecule has 0 fully saturated rings. The van der Waals surface area contributed by atoms with Gasteiger partial charge >= 0.3 is 0 Å². The van der Waals surface area contributed by atoms with E-state index in [9.17, 15) is 0 Å². The number of hydrogen-bond donors (Lipinski definition) is 1. The van der Waals surface area contributed by atoms with Crippen LogP contribution < -0.4 is 5.32 Å². The van der Waals surface area contributed by atoms with E-state index >= 15 is 0 Å². The summed E-state index contributed by atoms with van der Waals surface area (Å²) in [6.07, 6.45) is 1.13. The fourth-order valence-electron chi connectivity index (χ4n) is 1.40. The predicted molar refractivity (Wildman–Crippen MR) is 77.2 cm³/mol. The van der Waals surface area contributed by atoms with Gasteiger partial charge in [-0.25, -0.2) is 0 Å². The summed E-state index contributed by atoms with van der Waals surface area (Å²) in [4.78, 5) is 0. The summed E-state index contributed by atoms with van der Waals surface area (Å²) in [6, 6.07) is 2.43. The van der Waals surface area contributed by atoms with Gasteiger partial charge in [0.05, 0.1) is 20.2 Å². The van der Waals surface area contributed by atoms with Gasteiger partial charge in [-0.2, -0.15) is 0 Å². The van der Waals surface area contributed by atoms with Gasteiger partial charge in [0, 0.05) is 6.61 Å². The van der Waals surface area contributed by atoms with E-state index in [1.807, 2.05) is 6.92 Å². The van der Waals surface area contributed by atoms with Crippen molar-refractivity contribution >= 4 is 43.2 Å². The number of halogens is 2. The Morgan fingerprint density at radius 3 is 2.69 bits per heavy atom. The molecule has 0 spiro atoms. The number of rotatable bonds is 7. The Labute approximate surface area is 118 Å². The average molecular weight is 371 g/mol. The SMILES string of the molecule is CCCNC(COCC)c1cc(Br)sc1Br. The van der Waals surface area contributed by atoms with Gasteiger partial charge in [-0.05, 0) is 63.4 Å². The third-order valence-corrected chi connectivity index (χ3v) is 4.57. The van der Waals surface area contributed by atoms with Crippen molar-refractivity contribution in [3.63, 3.8) is 0 Å². The normalized spacial score (nSPS) is 13.0. The minimum atomic E-state index is 0.275.